The highest BCUT2D eigenvalue weighted by Gasteiger charge is 2.07. The Labute approximate surface area is 85.5 Å². The van der Waals surface area contributed by atoms with E-state index in [4.69, 9.17) is 17.3 Å². The fourth-order valence-electron chi connectivity index (χ4n) is 1.38. The van der Waals surface area contributed by atoms with Crippen molar-refractivity contribution in [2.75, 3.05) is 0 Å². The average molecular weight is 207 g/mol. The molecule has 0 bridgehead atoms. The number of aromatic nitrogens is 1. The summed E-state index contributed by atoms with van der Waals surface area (Å²) in [6.07, 6.45) is 3.26. The quantitative estimate of drug-likeness (QED) is 0.776. The molecule has 1 aromatic carbocycles. The molecule has 3 nitrogen and oxygen atoms in total. The van der Waals surface area contributed by atoms with Gasteiger partial charge in [0.15, 0.2) is 0 Å². The molecule has 1 aromatic heterocycles. The van der Waals surface area contributed by atoms with Gasteiger partial charge in [0.1, 0.15) is 0 Å². The van der Waals surface area contributed by atoms with E-state index in [9.17, 15) is 4.79 Å². The summed E-state index contributed by atoms with van der Waals surface area (Å²) in [5, 5.41) is 2.07. The molecule has 2 N–H and O–H groups in total. The highest BCUT2D eigenvalue weighted by molar-refractivity contribution is 6.32. The standard InChI is InChI=1S/C10H7ClN2O/c11-7-3-6-5-13-2-1-8(6)9(4-7)10(12)14/h1-5H,(H2,12,14). The molecule has 2 aromatic rings. The van der Waals surface area contributed by atoms with E-state index in [0.717, 1.165) is 10.8 Å². The summed E-state index contributed by atoms with van der Waals surface area (Å²) in [5.41, 5.74) is 5.66. The van der Waals surface area contributed by atoms with Gasteiger partial charge in [-0.15, -0.1) is 0 Å². The van der Waals surface area contributed by atoms with Crippen LogP contribution in [0.1, 0.15) is 10.4 Å². The third-order valence-electron chi connectivity index (χ3n) is 1.98. The highest BCUT2D eigenvalue weighted by Crippen LogP contribution is 2.22. The van der Waals surface area contributed by atoms with Crippen molar-refractivity contribution in [3.05, 3.63) is 41.2 Å². The van der Waals surface area contributed by atoms with Crippen LogP contribution in [0.5, 0.6) is 0 Å². The molecule has 0 saturated heterocycles. The molecule has 1 heterocycles. The van der Waals surface area contributed by atoms with Crippen LogP contribution < -0.4 is 5.73 Å². The van der Waals surface area contributed by atoms with E-state index in [1.54, 1.807) is 30.6 Å². The van der Waals surface area contributed by atoms with Gasteiger partial charge in [0.25, 0.3) is 0 Å². The Morgan fingerprint density at radius 3 is 2.93 bits per heavy atom. The number of benzene rings is 1. The molecule has 14 heavy (non-hydrogen) atoms. The van der Waals surface area contributed by atoms with Crippen LogP contribution in [0, 0.1) is 0 Å². The van der Waals surface area contributed by atoms with Crippen LogP contribution in [-0.4, -0.2) is 10.9 Å². The summed E-state index contributed by atoms with van der Waals surface area (Å²) in [4.78, 5) is 15.1. The number of hydrogen-bond acceptors (Lipinski definition) is 2. The third-order valence-corrected chi connectivity index (χ3v) is 2.20. The van der Waals surface area contributed by atoms with Gasteiger partial charge in [-0.25, -0.2) is 0 Å². The summed E-state index contributed by atoms with van der Waals surface area (Å²) in [5.74, 6) is -0.483. The Hall–Kier alpha value is -1.61. The predicted molar refractivity (Wildman–Crippen MR) is 55.3 cm³/mol. The molecule has 70 valence electrons. The van der Waals surface area contributed by atoms with Crippen molar-refractivity contribution in [1.29, 1.82) is 0 Å². The summed E-state index contributed by atoms with van der Waals surface area (Å²) in [6, 6.07) is 5.05. The number of fused-ring (bicyclic) bond motifs is 1. The maximum absolute atomic E-state index is 11.1. The maximum atomic E-state index is 11.1. The highest BCUT2D eigenvalue weighted by atomic mass is 35.5. The topological polar surface area (TPSA) is 56.0 Å². The number of amides is 1. The van der Waals surface area contributed by atoms with Gasteiger partial charge in [-0.2, -0.15) is 0 Å². The minimum atomic E-state index is -0.483. The van der Waals surface area contributed by atoms with Crippen molar-refractivity contribution in [3.8, 4) is 0 Å². The molecule has 0 aliphatic rings. The Morgan fingerprint density at radius 1 is 1.43 bits per heavy atom. The lowest BCUT2D eigenvalue weighted by molar-refractivity contribution is 0.100. The van der Waals surface area contributed by atoms with Crippen LogP contribution in [0.3, 0.4) is 0 Å². The van der Waals surface area contributed by atoms with Crippen molar-refractivity contribution in [1.82, 2.24) is 4.98 Å². The van der Waals surface area contributed by atoms with Gasteiger partial charge in [0.05, 0.1) is 0 Å². The normalized spacial score (nSPS) is 10.4. The first-order valence-electron chi connectivity index (χ1n) is 4.01. The lowest BCUT2D eigenvalue weighted by Crippen LogP contribution is -2.11. The molecular formula is C10H7ClN2O. The number of rotatable bonds is 1. The van der Waals surface area contributed by atoms with E-state index >= 15 is 0 Å². The van der Waals surface area contributed by atoms with Gasteiger partial charge in [-0.05, 0) is 23.6 Å². The number of carbonyl (C=O) groups is 1. The largest absolute Gasteiger partial charge is 0.366 e. The fraction of sp³-hybridized carbons (Fsp3) is 0. The van der Waals surface area contributed by atoms with Crippen molar-refractivity contribution in [3.63, 3.8) is 0 Å². The summed E-state index contributed by atoms with van der Waals surface area (Å²) >= 11 is 5.83. The fourth-order valence-corrected chi connectivity index (χ4v) is 1.60. The lowest BCUT2D eigenvalue weighted by atomic mass is 10.1. The predicted octanol–water partition coefficient (Wildman–Crippen LogP) is 1.99. The Balaban J connectivity index is 2.87. The second-order valence-corrected chi connectivity index (χ2v) is 3.35. The number of pyridine rings is 1. The second kappa shape index (κ2) is 3.27. The Morgan fingerprint density at radius 2 is 2.21 bits per heavy atom. The van der Waals surface area contributed by atoms with Crippen LogP contribution in [0.4, 0.5) is 0 Å². The zero-order chi connectivity index (χ0) is 10.1. The molecule has 0 radical (unpaired) electrons. The number of hydrogen-bond donors (Lipinski definition) is 1. The first-order valence-corrected chi connectivity index (χ1v) is 4.39. The first kappa shape index (κ1) is 8.97. The summed E-state index contributed by atoms with van der Waals surface area (Å²) < 4.78 is 0. The Kier molecular flexibility index (Phi) is 2.09. The van der Waals surface area contributed by atoms with Crippen LogP contribution in [0.25, 0.3) is 10.8 Å². The van der Waals surface area contributed by atoms with E-state index in [1.165, 1.54) is 0 Å². The van der Waals surface area contributed by atoms with E-state index in [2.05, 4.69) is 4.98 Å². The molecule has 4 heteroatoms. The number of nitrogens with zero attached hydrogens (tertiary/aromatic N) is 1. The number of nitrogens with two attached hydrogens (primary N) is 1. The smallest absolute Gasteiger partial charge is 0.249 e. The van der Waals surface area contributed by atoms with E-state index in [0.29, 0.717) is 10.6 Å². The van der Waals surface area contributed by atoms with Gasteiger partial charge in [-0.1, -0.05) is 11.6 Å². The molecule has 0 aliphatic heterocycles. The zero-order valence-electron chi connectivity index (χ0n) is 7.20. The monoisotopic (exact) mass is 206 g/mol. The van der Waals surface area contributed by atoms with E-state index in [-0.39, 0.29) is 0 Å². The molecule has 0 atom stereocenters. The van der Waals surface area contributed by atoms with Gasteiger partial charge >= 0.3 is 0 Å². The average Bonchev–Trinajstić information content (AvgIpc) is 2.16. The van der Waals surface area contributed by atoms with Crippen molar-refractivity contribution >= 4 is 28.3 Å². The maximum Gasteiger partial charge on any atom is 0.249 e. The molecule has 1 amide bonds. The molecule has 0 fully saturated rings. The molecule has 0 aliphatic carbocycles. The van der Waals surface area contributed by atoms with Gasteiger partial charge < -0.3 is 5.73 Å². The number of carbonyl (C=O) groups excluding carboxylic acids is 1. The van der Waals surface area contributed by atoms with Gasteiger partial charge in [-0.3, -0.25) is 9.78 Å². The van der Waals surface area contributed by atoms with Crippen molar-refractivity contribution in [2.24, 2.45) is 5.73 Å². The molecule has 0 spiro atoms. The molecule has 2 rings (SSSR count). The van der Waals surface area contributed by atoms with Gasteiger partial charge in [0, 0.05) is 28.4 Å². The second-order valence-electron chi connectivity index (χ2n) is 2.91. The van der Waals surface area contributed by atoms with Crippen molar-refractivity contribution in [2.45, 2.75) is 0 Å². The van der Waals surface area contributed by atoms with Crippen LogP contribution in [-0.2, 0) is 0 Å². The summed E-state index contributed by atoms with van der Waals surface area (Å²) in [6.45, 7) is 0. The molecular weight excluding hydrogens is 200 g/mol. The number of primary amides is 1. The Bertz CT molecular complexity index is 510. The zero-order valence-corrected chi connectivity index (χ0v) is 7.95. The van der Waals surface area contributed by atoms with E-state index < -0.39 is 5.91 Å². The van der Waals surface area contributed by atoms with Crippen LogP contribution in [0.2, 0.25) is 5.02 Å². The molecule has 0 unspecified atom stereocenters. The minimum absolute atomic E-state index is 0.426. The van der Waals surface area contributed by atoms with Gasteiger partial charge in [0.2, 0.25) is 5.91 Å². The first-order chi connectivity index (χ1) is 6.68. The third kappa shape index (κ3) is 1.42. The van der Waals surface area contributed by atoms with Crippen molar-refractivity contribution < 1.29 is 4.79 Å². The van der Waals surface area contributed by atoms with Crippen LogP contribution >= 0.6 is 11.6 Å². The molecule has 0 saturated carbocycles. The number of halogens is 1. The minimum Gasteiger partial charge on any atom is -0.366 e. The SMILES string of the molecule is NC(=O)c1cc(Cl)cc2cnccc12. The lowest BCUT2D eigenvalue weighted by Gasteiger charge is -2.02. The van der Waals surface area contributed by atoms with E-state index in [1.807, 2.05) is 0 Å². The van der Waals surface area contributed by atoms with Crippen LogP contribution in [0.15, 0.2) is 30.6 Å². The summed E-state index contributed by atoms with van der Waals surface area (Å²) in [7, 11) is 0.